The maximum atomic E-state index is 10.9. The van der Waals surface area contributed by atoms with Gasteiger partial charge >= 0.3 is 6.03 Å². The largest absolute Gasteiger partial charge is 0.338 e. The van der Waals surface area contributed by atoms with E-state index in [0.717, 1.165) is 12.7 Å². The third-order valence-corrected chi connectivity index (χ3v) is 2.24. The number of hydrogen-bond acceptors (Lipinski definition) is 3. The van der Waals surface area contributed by atoms with Crippen molar-refractivity contribution in [3.8, 4) is 0 Å². The van der Waals surface area contributed by atoms with Crippen LogP contribution in [0.2, 0.25) is 0 Å². The summed E-state index contributed by atoms with van der Waals surface area (Å²) in [5.74, 6) is -0.0213. The number of amides is 2. The van der Waals surface area contributed by atoms with Crippen LogP contribution in [0.15, 0.2) is 0 Å². The first kappa shape index (κ1) is 12.2. The standard InChI is InChI=1S/C7H16N2O3S/c1-3-4-8-7(10)9-5-6-13(2,11)12/h3-6H2,1-2H3,(H2,8,9,10). The highest BCUT2D eigenvalue weighted by Gasteiger charge is 2.03. The van der Waals surface area contributed by atoms with Gasteiger partial charge in [-0.1, -0.05) is 6.92 Å². The van der Waals surface area contributed by atoms with Gasteiger partial charge in [0.15, 0.2) is 0 Å². The molecule has 0 aliphatic heterocycles. The molecule has 6 heteroatoms. The Hall–Kier alpha value is -0.780. The first-order valence-electron chi connectivity index (χ1n) is 4.15. The van der Waals surface area contributed by atoms with Crippen LogP contribution in [0.1, 0.15) is 13.3 Å². The van der Waals surface area contributed by atoms with Gasteiger partial charge in [0.25, 0.3) is 0 Å². The van der Waals surface area contributed by atoms with E-state index in [0.29, 0.717) is 6.54 Å². The zero-order valence-electron chi connectivity index (χ0n) is 7.96. The first-order valence-corrected chi connectivity index (χ1v) is 6.21. The minimum absolute atomic E-state index is 0.0213. The molecule has 0 aliphatic carbocycles. The lowest BCUT2D eigenvalue weighted by Gasteiger charge is -2.04. The molecule has 0 aromatic carbocycles. The fourth-order valence-electron chi connectivity index (χ4n) is 0.651. The third-order valence-electron chi connectivity index (χ3n) is 1.29. The van der Waals surface area contributed by atoms with Gasteiger partial charge in [-0.25, -0.2) is 13.2 Å². The summed E-state index contributed by atoms with van der Waals surface area (Å²) in [7, 11) is -2.98. The summed E-state index contributed by atoms with van der Waals surface area (Å²) in [6.07, 6.45) is 2.00. The Morgan fingerprint density at radius 3 is 2.23 bits per heavy atom. The molecular weight excluding hydrogens is 192 g/mol. The average Bonchev–Trinajstić information content (AvgIpc) is 1.98. The predicted molar refractivity (Wildman–Crippen MR) is 51.4 cm³/mol. The summed E-state index contributed by atoms with van der Waals surface area (Å²) >= 11 is 0. The van der Waals surface area contributed by atoms with Crippen molar-refractivity contribution in [2.45, 2.75) is 13.3 Å². The number of nitrogens with one attached hydrogen (secondary N) is 2. The molecule has 0 fully saturated rings. The smallest absolute Gasteiger partial charge is 0.314 e. The van der Waals surface area contributed by atoms with E-state index in [1.54, 1.807) is 0 Å². The molecule has 0 heterocycles. The van der Waals surface area contributed by atoms with Crippen LogP contribution in [0.3, 0.4) is 0 Å². The third kappa shape index (κ3) is 9.13. The average molecular weight is 208 g/mol. The van der Waals surface area contributed by atoms with Crippen LogP contribution in [-0.2, 0) is 9.84 Å². The number of carbonyl (C=O) groups is 1. The lowest BCUT2D eigenvalue weighted by Crippen LogP contribution is -2.38. The van der Waals surface area contributed by atoms with Crippen molar-refractivity contribution in [2.75, 3.05) is 25.1 Å². The summed E-state index contributed by atoms with van der Waals surface area (Å²) in [6, 6.07) is -0.314. The molecule has 0 atom stereocenters. The van der Waals surface area contributed by atoms with Gasteiger partial charge in [-0.3, -0.25) is 0 Å². The van der Waals surface area contributed by atoms with Crippen LogP contribution in [0.25, 0.3) is 0 Å². The molecule has 0 bridgehead atoms. The van der Waals surface area contributed by atoms with E-state index in [9.17, 15) is 13.2 Å². The second-order valence-corrected chi connectivity index (χ2v) is 5.07. The van der Waals surface area contributed by atoms with Gasteiger partial charge in [0, 0.05) is 19.3 Å². The summed E-state index contributed by atoms with van der Waals surface area (Å²) in [5.41, 5.74) is 0. The van der Waals surface area contributed by atoms with Gasteiger partial charge in [0.2, 0.25) is 0 Å². The minimum Gasteiger partial charge on any atom is -0.338 e. The van der Waals surface area contributed by atoms with Crippen molar-refractivity contribution < 1.29 is 13.2 Å². The van der Waals surface area contributed by atoms with Crippen molar-refractivity contribution in [1.29, 1.82) is 0 Å². The number of rotatable bonds is 5. The molecule has 13 heavy (non-hydrogen) atoms. The summed E-state index contributed by atoms with van der Waals surface area (Å²) < 4.78 is 21.3. The minimum atomic E-state index is -2.98. The molecule has 0 unspecified atom stereocenters. The van der Waals surface area contributed by atoms with Crippen molar-refractivity contribution in [3.05, 3.63) is 0 Å². The van der Waals surface area contributed by atoms with Crippen molar-refractivity contribution >= 4 is 15.9 Å². The Morgan fingerprint density at radius 2 is 1.77 bits per heavy atom. The molecule has 0 saturated heterocycles. The molecule has 78 valence electrons. The van der Waals surface area contributed by atoms with Crippen molar-refractivity contribution in [3.63, 3.8) is 0 Å². The predicted octanol–water partition coefficient (Wildman–Crippen LogP) is -0.260. The van der Waals surface area contributed by atoms with Crippen LogP contribution in [0, 0.1) is 0 Å². The number of urea groups is 1. The molecule has 5 nitrogen and oxygen atoms in total. The Kier molecular flexibility index (Phi) is 5.45. The maximum Gasteiger partial charge on any atom is 0.314 e. The van der Waals surface area contributed by atoms with Crippen molar-refractivity contribution in [2.24, 2.45) is 0 Å². The quantitative estimate of drug-likeness (QED) is 0.653. The van der Waals surface area contributed by atoms with Crippen LogP contribution < -0.4 is 10.6 Å². The van der Waals surface area contributed by atoms with E-state index in [1.165, 1.54) is 0 Å². The fraction of sp³-hybridized carbons (Fsp3) is 0.857. The number of sulfone groups is 1. The lowest BCUT2D eigenvalue weighted by atomic mass is 10.5. The lowest BCUT2D eigenvalue weighted by molar-refractivity contribution is 0.241. The van der Waals surface area contributed by atoms with E-state index in [-0.39, 0.29) is 18.3 Å². The SMILES string of the molecule is CCCNC(=O)NCCS(C)(=O)=O. The van der Waals surface area contributed by atoms with Crippen LogP contribution in [0.5, 0.6) is 0 Å². The topological polar surface area (TPSA) is 75.3 Å². The van der Waals surface area contributed by atoms with Gasteiger partial charge in [-0.05, 0) is 6.42 Å². The summed E-state index contributed by atoms with van der Waals surface area (Å²) in [4.78, 5) is 10.9. The Balaban J connectivity index is 3.49. The van der Waals surface area contributed by atoms with Gasteiger partial charge in [-0.2, -0.15) is 0 Å². The molecule has 0 aromatic rings. The summed E-state index contributed by atoms with van der Waals surface area (Å²) in [5, 5.41) is 5.02. The van der Waals surface area contributed by atoms with E-state index in [4.69, 9.17) is 0 Å². The second-order valence-electron chi connectivity index (χ2n) is 2.81. The molecular formula is C7H16N2O3S. The normalized spacial score (nSPS) is 10.9. The van der Waals surface area contributed by atoms with E-state index >= 15 is 0 Å². The highest BCUT2D eigenvalue weighted by molar-refractivity contribution is 7.90. The zero-order valence-corrected chi connectivity index (χ0v) is 8.78. The highest BCUT2D eigenvalue weighted by atomic mass is 32.2. The van der Waals surface area contributed by atoms with E-state index in [2.05, 4.69) is 10.6 Å². The Morgan fingerprint density at radius 1 is 1.23 bits per heavy atom. The molecule has 0 radical (unpaired) electrons. The molecule has 2 N–H and O–H groups in total. The monoisotopic (exact) mass is 208 g/mol. The highest BCUT2D eigenvalue weighted by Crippen LogP contribution is 1.79. The van der Waals surface area contributed by atoms with E-state index in [1.807, 2.05) is 6.92 Å². The molecule has 2 amide bonds. The maximum absolute atomic E-state index is 10.9. The van der Waals surface area contributed by atoms with Gasteiger partial charge < -0.3 is 10.6 Å². The molecule has 0 rings (SSSR count). The summed E-state index contributed by atoms with van der Waals surface area (Å²) in [6.45, 7) is 2.70. The second kappa shape index (κ2) is 5.80. The van der Waals surface area contributed by atoms with E-state index < -0.39 is 9.84 Å². The van der Waals surface area contributed by atoms with Crippen LogP contribution >= 0.6 is 0 Å². The molecule has 0 aliphatic rings. The molecule has 0 aromatic heterocycles. The number of hydrogen-bond donors (Lipinski definition) is 2. The van der Waals surface area contributed by atoms with Gasteiger partial charge in [-0.15, -0.1) is 0 Å². The zero-order chi connectivity index (χ0) is 10.3. The van der Waals surface area contributed by atoms with Crippen LogP contribution in [-0.4, -0.2) is 39.5 Å². The fourth-order valence-corrected chi connectivity index (χ4v) is 1.12. The molecule has 0 spiro atoms. The first-order chi connectivity index (χ1) is 5.95. The van der Waals surface area contributed by atoms with Crippen molar-refractivity contribution in [1.82, 2.24) is 10.6 Å². The molecule has 0 saturated carbocycles. The number of carbonyl (C=O) groups excluding carboxylic acids is 1. The van der Waals surface area contributed by atoms with Gasteiger partial charge in [0.05, 0.1) is 5.75 Å². The Bertz CT molecular complexity index is 248. The van der Waals surface area contributed by atoms with Gasteiger partial charge in [0.1, 0.15) is 9.84 Å². The Labute approximate surface area is 78.8 Å². The van der Waals surface area contributed by atoms with Crippen LogP contribution in [0.4, 0.5) is 4.79 Å².